The molecule has 0 radical (unpaired) electrons. The Bertz CT molecular complexity index is 609. The molecule has 2 rings (SSSR count). The highest BCUT2D eigenvalue weighted by Gasteiger charge is 2.19. The second-order valence-electron chi connectivity index (χ2n) is 4.21. The lowest BCUT2D eigenvalue weighted by atomic mass is 10.1. The van der Waals surface area contributed by atoms with Crippen molar-refractivity contribution >= 4 is 5.69 Å². The first kappa shape index (κ1) is 13.2. The standard InChI is InChI=1S/C12H14N4O3/c1-3-11(17)9-7-15(14-13-9)12-8(2)5-4-6-10(12)16(18)19/h4-7,11,17H,3H2,1-2H3. The summed E-state index contributed by atoms with van der Waals surface area (Å²) in [4.78, 5) is 10.6. The fraction of sp³-hybridized carbons (Fsp3) is 0.333. The second kappa shape index (κ2) is 5.15. The van der Waals surface area contributed by atoms with Crippen molar-refractivity contribution < 1.29 is 10.0 Å². The van der Waals surface area contributed by atoms with Crippen LogP contribution in [-0.2, 0) is 0 Å². The summed E-state index contributed by atoms with van der Waals surface area (Å²) < 4.78 is 1.34. The van der Waals surface area contributed by atoms with Gasteiger partial charge in [0.15, 0.2) is 0 Å². The minimum Gasteiger partial charge on any atom is -0.387 e. The van der Waals surface area contributed by atoms with Crippen molar-refractivity contribution in [2.75, 3.05) is 0 Å². The van der Waals surface area contributed by atoms with Gasteiger partial charge in [-0.25, -0.2) is 4.68 Å². The molecule has 0 spiro atoms. The molecule has 2 aromatic rings. The quantitative estimate of drug-likeness (QED) is 0.671. The van der Waals surface area contributed by atoms with Crippen LogP contribution in [0, 0.1) is 17.0 Å². The van der Waals surface area contributed by atoms with Gasteiger partial charge >= 0.3 is 0 Å². The molecule has 0 bridgehead atoms. The van der Waals surface area contributed by atoms with Gasteiger partial charge in [0.05, 0.1) is 17.2 Å². The summed E-state index contributed by atoms with van der Waals surface area (Å²) in [6, 6.07) is 4.80. The summed E-state index contributed by atoms with van der Waals surface area (Å²) in [5.41, 5.74) is 1.45. The number of aliphatic hydroxyl groups is 1. The van der Waals surface area contributed by atoms with Crippen LogP contribution in [0.15, 0.2) is 24.4 Å². The third-order valence-electron chi connectivity index (χ3n) is 2.88. The first-order valence-corrected chi connectivity index (χ1v) is 5.89. The SMILES string of the molecule is CCC(O)c1cn(-c2c(C)cccc2[N+](=O)[O-])nn1. The summed E-state index contributed by atoms with van der Waals surface area (Å²) in [5, 5.41) is 28.4. The lowest BCUT2D eigenvalue weighted by Crippen LogP contribution is -2.03. The fourth-order valence-electron chi connectivity index (χ4n) is 1.84. The number of para-hydroxylation sites is 1. The zero-order valence-corrected chi connectivity index (χ0v) is 10.6. The number of nitro groups is 1. The predicted octanol–water partition coefficient (Wildman–Crippen LogP) is 1.93. The Balaban J connectivity index is 2.53. The summed E-state index contributed by atoms with van der Waals surface area (Å²) in [5.74, 6) is 0. The van der Waals surface area contributed by atoms with Crippen molar-refractivity contribution in [3.8, 4) is 5.69 Å². The second-order valence-corrected chi connectivity index (χ2v) is 4.21. The topological polar surface area (TPSA) is 94.1 Å². The van der Waals surface area contributed by atoms with Gasteiger partial charge in [0.2, 0.25) is 0 Å². The number of hydrogen-bond donors (Lipinski definition) is 1. The maximum atomic E-state index is 11.0. The van der Waals surface area contributed by atoms with E-state index in [9.17, 15) is 15.2 Å². The Morgan fingerprint density at radius 2 is 2.26 bits per heavy atom. The van der Waals surface area contributed by atoms with Gasteiger partial charge in [-0.3, -0.25) is 10.1 Å². The highest BCUT2D eigenvalue weighted by molar-refractivity contribution is 5.56. The molecule has 0 aliphatic carbocycles. The average molecular weight is 262 g/mol. The predicted molar refractivity (Wildman–Crippen MR) is 68.0 cm³/mol. The molecule has 1 heterocycles. The van der Waals surface area contributed by atoms with Gasteiger partial charge in [-0.05, 0) is 18.9 Å². The zero-order valence-electron chi connectivity index (χ0n) is 10.6. The van der Waals surface area contributed by atoms with E-state index in [1.54, 1.807) is 19.1 Å². The van der Waals surface area contributed by atoms with Gasteiger partial charge in [0.1, 0.15) is 11.4 Å². The molecule has 1 atom stereocenters. The van der Waals surface area contributed by atoms with Crippen LogP contribution in [0.25, 0.3) is 5.69 Å². The molecule has 1 unspecified atom stereocenters. The summed E-state index contributed by atoms with van der Waals surface area (Å²) in [6.07, 6.45) is 1.31. The number of nitrogens with zero attached hydrogens (tertiary/aromatic N) is 4. The molecule has 1 N–H and O–H groups in total. The van der Waals surface area contributed by atoms with Gasteiger partial charge < -0.3 is 5.11 Å². The lowest BCUT2D eigenvalue weighted by Gasteiger charge is -2.05. The van der Waals surface area contributed by atoms with Crippen LogP contribution in [0.5, 0.6) is 0 Å². The Morgan fingerprint density at radius 1 is 1.53 bits per heavy atom. The molecule has 0 saturated carbocycles. The number of aliphatic hydroxyl groups excluding tert-OH is 1. The van der Waals surface area contributed by atoms with Crippen LogP contribution in [-0.4, -0.2) is 25.0 Å². The Hall–Kier alpha value is -2.28. The number of hydrogen-bond acceptors (Lipinski definition) is 5. The van der Waals surface area contributed by atoms with Crippen molar-refractivity contribution in [1.29, 1.82) is 0 Å². The molecule has 0 aliphatic heterocycles. The Kier molecular flexibility index (Phi) is 3.57. The summed E-state index contributed by atoms with van der Waals surface area (Å²) in [6.45, 7) is 3.58. The Morgan fingerprint density at radius 3 is 2.89 bits per heavy atom. The third-order valence-corrected chi connectivity index (χ3v) is 2.88. The maximum absolute atomic E-state index is 11.0. The van der Waals surface area contributed by atoms with E-state index in [-0.39, 0.29) is 5.69 Å². The van der Waals surface area contributed by atoms with Crippen LogP contribution >= 0.6 is 0 Å². The van der Waals surface area contributed by atoms with Crippen LogP contribution in [0.2, 0.25) is 0 Å². The Labute approximate surface area is 109 Å². The van der Waals surface area contributed by atoms with Crippen molar-refractivity contribution in [1.82, 2.24) is 15.0 Å². The number of nitro benzene ring substituents is 1. The van der Waals surface area contributed by atoms with Crippen LogP contribution in [0.1, 0.15) is 30.7 Å². The molecule has 7 nitrogen and oxygen atoms in total. The molecule has 7 heteroatoms. The largest absolute Gasteiger partial charge is 0.387 e. The average Bonchev–Trinajstić information content (AvgIpc) is 2.86. The summed E-state index contributed by atoms with van der Waals surface area (Å²) >= 11 is 0. The van der Waals surface area contributed by atoms with Crippen molar-refractivity contribution in [2.45, 2.75) is 26.4 Å². The molecule has 1 aromatic carbocycles. The minimum atomic E-state index is -0.711. The molecule has 0 aliphatic rings. The molecular formula is C12H14N4O3. The fourth-order valence-corrected chi connectivity index (χ4v) is 1.84. The van der Waals surface area contributed by atoms with Crippen molar-refractivity contribution in [3.05, 3.63) is 45.8 Å². The van der Waals surface area contributed by atoms with Crippen molar-refractivity contribution in [2.24, 2.45) is 0 Å². The zero-order chi connectivity index (χ0) is 14.0. The number of aromatic nitrogens is 3. The van der Waals surface area contributed by atoms with Crippen LogP contribution in [0.4, 0.5) is 5.69 Å². The normalized spacial score (nSPS) is 12.4. The molecule has 1 aromatic heterocycles. The highest BCUT2D eigenvalue weighted by atomic mass is 16.6. The van der Waals surface area contributed by atoms with Gasteiger partial charge in [0.25, 0.3) is 5.69 Å². The highest BCUT2D eigenvalue weighted by Crippen LogP contribution is 2.26. The van der Waals surface area contributed by atoms with E-state index in [2.05, 4.69) is 10.3 Å². The van der Waals surface area contributed by atoms with E-state index in [4.69, 9.17) is 0 Å². The van der Waals surface area contributed by atoms with E-state index in [1.165, 1.54) is 16.9 Å². The van der Waals surface area contributed by atoms with Gasteiger partial charge in [0, 0.05) is 6.07 Å². The number of benzene rings is 1. The summed E-state index contributed by atoms with van der Waals surface area (Å²) in [7, 11) is 0. The first-order valence-electron chi connectivity index (χ1n) is 5.89. The van der Waals surface area contributed by atoms with E-state index in [0.717, 1.165) is 5.56 Å². The smallest absolute Gasteiger partial charge is 0.295 e. The molecular weight excluding hydrogens is 248 g/mol. The minimum absolute atomic E-state index is 0.0394. The van der Waals surface area contributed by atoms with E-state index in [0.29, 0.717) is 17.8 Å². The third kappa shape index (κ3) is 2.45. The molecule has 100 valence electrons. The lowest BCUT2D eigenvalue weighted by molar-refractivity contribution is -0.384. The number of aryl methyl sites for hydroxylation is 1. The van der Waals surface area contributed by atoms with Crippen LogP contribution < -0.4 is 0 Å². The molecule has 0 fully saturated rings. The van der Waals surface area contributed by atoms with Gasteiger partial charge in [-0.1, -0.05) is 24.3 Å². The molecule has 0 saturated heterocycles. The van der Waals surface area contributed by atoms with E-state index >= 15 is 0 Å². The molecule has 0 amide bonds. The van der Waals surface area contributed by atoms with E-state index < -0.39 is 11.0 Å². The number of rotatable bonds is 4. The van der Waals surface area contributed by atoms with Crippen molar-refractivity contribution in [3.63, 3.8) is 0 Å². The van der Waals surface area contributed by atoms with E-state index in [1.807, 2.05) is 6.92 Å². The van der Waals surface area contributed by atoms with Gasteiger partial charge in [-0.2, -0.15) is 0 Å². The maximum Gasteiger partial charge on any atom is 0.295 e. The first-order chi connectivity index (χ1) is 9.04. The van der Waals surface area contributed by atoms with Crippen LogP contribution in [0.3, 0.4) is 0 Å². The van der Waals surface area contributed by atoms with Gasteiger partial charge in [-0.15, -0.1) is 5.10 Å². The molecule has 19 heavy (non-hydrogen) atoms. The monoisotopic (exact) mass is 262 g/mol.